The van der Waals surface area contributed by atoms with Crippen molar-refractivity contribution in [1.82, 2.24) is 29.5 Å². The van der Waals surface area contributed by atoms with E-state index in [2.05, 4.69) is 48.4 Å². The second kappa shape index (κ2) is 8.94. The van der Waals surface area contributed by atoms with Gasteiger partial charge in [0.2, 0.25) is 0 Å². The second-order valence-electron chi connectivity index (χ2n) is 8.68. The molecule has 6 rings (SSSR count). The number of hydrogen-bond acceptors (Lipinski definition) is 8. The SMILES string of the molecule is CN1CCN(c2nc(-c3nnc4n3CCN(C(=O)c3ccc(-c5cccs5)cc3)C4)cs2)CC1. The van der Waals surface area contributed by atoms with Crippen molar-refractivity contribution in [3.05, 3.63) is 58.5 Å². The molecule has 1 aromatic carbocycles. The number of thiophene rings is 1. The van der Waals surface area contributed by atoms with Gasteiger partial charge < -0.3 is 19.3 Å². The molecule has 4 aromatic rings. The van der Waals surface area contributed by atoms with Crippen molar-refractivity contribution >= 4 is 33.7 Å². The number of fused-ring (bicyclic) bond motifs is 1. The number of hydrogen-bond donors (Lipinski definition) is 0. The predicted molar refractivity (Wildman–Crippen MR) is 135 cm³/mol. The lowest BCUT2D eigenvalue weighted by Gasteiger charge is -2.32. The first-order chi connectivity index (χ1) is 16.7. The fraction of sp³-hybridized carbons (Fsp3) is 0.333. The lowest BCUT2D eigenvalue weighted by atomic mass is 10.1. The fourth-order valence-corrected chi connectivity index (χ4v) is 6.02. The van der Waals surface area contributed by atoms with Crippen LogP contribution in [0.1, 0.15) is 16.2 Å². The van der Waals surface area contributed by atoms with Crippen LogP contribution < -0.4 is 4.90 Å². The summed E-state index contributed by atoms with van der Waals surface area (Å²) >= 11 is 3.36. The highest BCUT2D eigenvalue weighted by molar-refractivity contribution is 7.14. The van der Waals surface area contributed by atoms with Gasteiger partial charge in [-0.3, -0.25) is 4.79 Å². The van der Waals surface area contributed by atoms with Crippen LogP contribution in [-0.2, 0) is 13.1 Å². The number of aromatic nitrogens is 4. The number of rotatable bonds is 4. The Balaban J connectivity index is 1.16. The van der Waals surface area contributed by atoms with Crippen LogP contribution >= 0.6 is 22.7 Å². The van der Waals surface area contributed by atoms with E-state index in [9.17, 15) is 4.79 Å². The number of carbonyl (C=O) groups is 1. The van der Waals surface area contributed by atoms with E-state index in [0.29, 0.717) is 25.2 Å². The van der Waals surface area contributed by atoms with E-state index in [-0.39, 0.29) is 5.91 Å². The molecule has 1 amide bonds. The highest BCUT2D eigenvalue weighted by atomic mass is 32.1. The Morgan fingerprint density at radius 1 is 0.941 bits per heavy atom. The van der Waals surface area contributed by atoms with Gasteiger partial charge in [-0.25, -0.2) is 4.98 Å². The van der Waals surface area contributed by atoms with Crippen LogP contribution in [0.4, 0.5) is 5.13 Å². The molecule has 8 nitrogen and oxygen atoms in total. The van der Waals surface area contributed by atoms with Gasteiger partial charge in [0, 0.05) is 55.1 Å². The number of benzene rings is 1. The highest BCUT2D eigenvalue weighted by Crippen LogP contribution is 2.29. The molecule has 0 bridgehead atoms. The maximum absolute atomic E-state index is 13.1. The first-order valence-corrected chi connectivity index (χ1v) is 13.2. The number of anilines is 1. The van der Waals surface area contributed by atoms with E-state index in [1.54, 1.807) is 22.7 Å². The van der Waals surface area contributed by atoms with Crippen molar-refractivity contribution in [2.45, 2.75) is 13.1 Å². The minimum Gasteiger partial charge on any atom is -0.346 e. The third-order valence-electron chi connectivity index (χ3n) is 6.47. The topological polar surface area (TPSA) is 70.4 Å². The summed E-state index contributed by atoms with van der Waals surface area (Å²) in [5, 5.41) is 14.0. The molecule has 5 heterocycles. The average molecular weight is 492 g/mol. The predicted octanol–water partition coefficient (Wildman–Crippen LogP) is 3.54. The molecule has 174 valence electrons. The highest BCUT2D eigenvalue weighted by Gasteiger charge is 2.27. The third kappa shape index (κ3) is 4.02. The number of piperazine rings is 1. The van der Waals surface area contributed by atoms with Crippen LogP contribution in [0.3, 0.4) is 0 Å². The number of thiazole rings is 1. The molecule has 10 heteroatoms. The summed E-state index contributed by atoms with van der Waals surface area (Å²) in [6.45, 7) is 5.83. The molecule has 1 fully saturated rings. The van der Waals surface area contributed by atoms with E-state index < -0.39 is 0 Å². The van der Waals surface area contributed by atoms with Crippen molar-refractivity contribution in [3.63, 3.8) is 0 Å². The zero-order chi connectivity index (χ0) is 23.1. The summed E-state index contributed by atoms with van der Waals surface area (Å²) in [7, 11) is 2.15. The summed E-state index contributed by atoms with van der Waals surface area (Å²) in [4.78, 5) is 25.7. The third-order valence-corrected chi connectivity index (χ3v) is 8.29. The van der Waals surface area contributed by atoms with Gasteiger partial charge in [-0.15, -0.1) is 32.9 Å². The normalized spacial score (nSPS) is 16.6. The van der Waals surface area contributed by atoms with Crippen LogP contribution in [0.25, 0.3) is 22.0 Å². The van der Waals surface area contributed by atoms with Gasteiger partial charge in [-0.1, -0.05) is 18.2 Å². The van der Waals surface area contributed by atoms with Gasteiger partial charge in [0.1, 0.15) is 5.69 Å². The van der Waals surface area contributed by atoms with E-state index in [0.717, 1.165) is 54.2 Å². The Labute approximate surface area is 206 Å². The maximum Gasteiger partial charge on any atom is 0.254 e. The molecule has 0 unspecified atom stereocenters. The van der Waals surface area contributed by atoms with Crippen LogP contribution in [0.5, 0.6) is 0 Å². The number of likely N-dealkylation sites (N-methyl/N-ethyl adjacent to an activating group) is 1. The molecule has 2 aliphatic heterocycles. The lowest BCUT2D eigenvalue weighted by Crippen LogP contribution is -2.44. The van der Waals surface area contributed by atoms with Crippen molar-refractivity contribution < 1.29 is 4.79 Å². The minimum atomic E-state index is 0.0274. The first-order valence-electron chi connectivity index (χ1n) is 11.4. The Hall–Kier alpha value is -3.08. The van der Waals surface area contributed by atoms with Crippen LogP contribution in [0, 0.1) is 0 Å². The van der Waals surface area contributed by atoms with Gasteiger partial charge in [-0.2, -0.15) is 0 Å². The molecule has 2 aliphatic rings. The smallest absolute Gasteiger partial charge is 0.254 e. The van der Waals surface area contributed by atoms with E-state index >= 15 is 0 Å². The van der Waals surface area contributed by atoms with Crippen LogP contribution in [0.15, 0.2) is 47.2 Å². The molecular formula is C24H25N7OS2. The Bertz CT molecular complexity index is 1290. The zero-order valence-electron chi connectivity index (χ0n) is 18.9. The molecule has 0 spiro atoms. The Morgan fingerprint density at radius 3 is 2.53 bits per heavy atom. The Morgan fingerprint density at radius 2 is 1.76 bits per heavy atom. The molecule has 0 saturated carbocycles. The fourth-order valence-electron chi connectivity index (χ4n) is 4.43. The van der Waals surface area contributed by atoms with Crippen LogP contribution in [-0.4, -0.2) is 75.2 Å². The molecule has 0 aliphatic carbocycles. The summed E-state index contributed by atoms with van der Waals surface area (Å²) in [6.07, 6.45) is 0. The van der Waals surface area contributed by atoms with Crippen LogP contribution in [0.2, 0.25) is 0 Å². The minimum absolute atomic E-state index is 0.0274. The standard InChI is InChI=1S/C24H25N7OS2/c1-28-8-10-29(11-9-28)24-25-19(16-34-24)22-27-26-21-15-30(12-13-31(21)22)23(32)18-6-4-17(5-7-18)20-3-2-14-33-20/h2-7,14,16H,8-13,15H2,1H3. The number of carbonyl (C=O) groups excluding carboxylic acids is 1. The molecule has 1 saturated heterocycles. The average Bonchev–Trinajstić information content (AvgIpc) is 3.64. The van der Waals surface area contributed by atoms with E-state index in [1.807, 2.05) is 35.2 Å². The lowest BCUT2D eigenvalue weighted by molar-refractivity contribution is 0.0708. The summed E-state index contributed by atoms with van der Waals surface area (Å²) < 4.78 is 2.10. The summed E-state index contributed by atoms with van der Waals surface area (Å²) in [5.41, 5.74) is 2.69. The van der Waals surface area contributed by atoms with Gasteiger partial charge in [0.25, 0.3) is 5.91 Å². The van der Waals surface area contributed by atoms with Crippen molar-refractivity contribution in [2.75, 3.05) is 44.7 Å². The van der Waals surface area contributed by atoms with Crippen molar-refractivity contribution in [1.29, 1.82) is 0 Å². The van der Waals surface area contributed by atoms with Gasteiger partial charge >= 0.3 is 0 Å². The van der Waals surface area contributed by atoms with Gasteiger partial charge in [0.15, 0.2) is 16.8 Å². The monoisotopic (exact) mass is 491 g/mol. The summed E-state index contributed by atoms with van der Waals surface area (Å²) in [6, 6.07) is 12.0. The Kier molecular flexibility index (Phi) is 5.64. The number of amides is 1. The molecular weight excluding hydrogens is 466 g/mol. The molecule has 0 N–H and O–H groups in total. The molecule has 0 radical (unpaired) electrons. The largest absolute Gasteiger partial charge is 0.346 e. The van der Waals surface area contributed by atoms with Gasteiger partial charge in [0.05, 0.1) is 6.54 Å². The zero-order valence-corrected chi connectivity index (χ0v) is 20.6. The summed E-state index contributed by atoms with van der Waals surface area (Å²) in [5.74, 6) is 1.62. The number of nitrogens with zero attached hydrogens (tertiary/aromatic N) is 7. The molecule has 3 aromatic heterocycles. The quantitative estimate of drug-likeness (QED) is 0.435. The second-order valence-corrected chi connectivity index (χ2v) is 10.5. The van der Waals surface area contributed by atoms with Gasteiger partial charge in [-0.05, 0) is 36.2 Å². The van der Waals surface area contributed by atoms with Crippen molar-refractivity contribution in [3.8, 4) is 22.0 Å². The molecule has 34 heavy (non-hydrogen) atoms. The molecule has 0 atom stereocenters. The van der Waals surface area contributed by atoms with E-state index in [4.69, 9.17) is 4.98 Å². The van der Waals surface area contributed by atoms with Crippen molar-refractivity contribution in [2.24, 2.45) is 0 Å². The van der Waals surface area contributed by atoms with E-state index in [1.165, 1.54) is 4.88 Å². The maximum atomic E-state index is 13.1. The first kappa shape index (κ1) is 21.5.